The van der Waals surface area contributed by atoms with Gasteiger partial charge in [-0.1, -0.05) is 11.6 Å². The van der Waals surface area contributed by atoms with Gasteiger partial charge in [-0.25, -0.2) is 9.48 Å². The van der Waals surface area contributed by atoms with E-state index in [2.05, 4.69) is 10.4 Å². The third kappa shape index (κ3) is 5.38. The molecule has 2 rings (SSSR count). The quantitative estimate of drug-likeness (QED) is 0.565. The van der Waals surface area contributed by atoms with Crippen LogP contribution < -0.4 is 10.7 Å². The Bertz CT molecular complexity index is 880. The molecule has 0 aliphatic heterocycles. The van der Waals surface area contributed by atoms with Gasteiger partial charge in [-0.2, -0.15) is 5.10 Å². The van der Waals surface area contributed by atoms with Crippen molar-refractivity contribution in [2.45, 2.75) is 20.0 Å². The number of hydrogen-bond donors (Lipinski definition) is 1. The predicted molar refractivity (Wildman–Crippen MR) is 99.3 cm³/mol. The average molecular weight is 394 g/mol. The predicted octanol–water partition coefficient (Wildman–Crippen LogP) is 1.50. The number of amides is 1. The molecule has 1 amide bonds. The van der Waals surface area contributed by atoms with E-state index >= 15 is 0 Å². The Kier molecular flexibility index (Phi) is 7.09. The molecule has 1 aromatic carbocycles. The van der Waals surface area contributed by atoms with Crippen LogP contribution in [0, 0.1) is 6.92 Å². The number of hydrogen-bond acceptors (Lipinski definition) is 6. The van der Waals surface area contributed by atoms with Gasteiger partial charge >= 0.3 is 5.97 Å². The van der Waals surface area contributed by atoms with E-state index in [1.54, 1.807) is 31.2 Å². The van der Waals surface area contributed by atoms with Crippen LogP contribution in [-0.2, 0) is 14.3 Å². The molecule has 2 aromatic rings. The summed E-state index contributed by atoms with van der Waals surface area (Å²) in [7, 11) is 1.50. The van der Waals surface area contributed by atoms with Gasteiger partial charge in [0.15, 0.2) is 6.10 Å². The summed E-state index contributed by atoms with van der Waals surface area (Å²) >= 11 is 5.88. The first-order chi connectivity index (χ1) is 12.8. The largest absolute Gasteiger partial charge is 0.448 e. The first kappa shape index (κ1) is 20.6. The van der Waals surface area contributed by atoms with Gasteiger partial charge in [0.25, 0.3) is 5.91 Å². The molecule has 0 aliphatic carbocycles. The van der Waals surface area contributed by atoms with E-state index in [1.807, 2.05) is 0 Å². The van der Waals surface area contributed by atoms with Gasteiger partial charge < -0.3 is 14.8 Å². The number of carbonyl (C=O) groups excluding carboxylic acids is 2. The highest BCUT2D eigenvalue weighted by Gasteiger charge is 2.22. The van der Waals surface area contributed by atoms with Crippen LogP contribution in [0.15, 0.2) is 35.1 Å². The summed E-state index contributed by atoms with van der Waals surface area (Å²) in [4.78, 5) is 36.4. The topological polar surface area (TPSA) is 99.5 Å². The van der Waals surface area contributed by atoms with Crippen molar-refractivity contribution < 1.29 is 19.1 Å². The van der Waals surface area contributed by atoms with Gasteiger partial charge in [0.1, 0.15) is 0 Å². The van der Waals surface area contributed by atoms with Crippen LogP contribution in [0.4, 0.5) is 0 Å². The molecule has 1 atom stereocenters. The fourth-order valence-electron chi connectivity index (χ4n) is 2.22. The van der Waals surface area contributed by atoms with Crippen LogP contribution in [0.25, 0.3) is 5.69 Å². The van der Waals surface area contributed by atoms with E-state index in [-0.39, 0.29) is 6.54 Å². The molecule has 0 aliphatic rings. The normalized spacial score (nSPS) is 11.7. The Morgan fingerprint density at radius 2 is 1.96 bits per heavy atom. The van der Waals surface area contributed by atoms with Crippen molar-refractivity contribution in [2.75, 3.05) is 20.3 Å². The van der Waals surface area contributed by atoms with Crippen molar-refractivity contribution >= 4 is 23.5 Å². The van der Waals surface area contributed by atoms with Crippen LogP contribution >= 0.6 is 11.6 Å². The number of rotatable bonds is 7. The minimum atomic E-state index is -1.08. The maximum atomic E-state index is 12.3. The number of aromatic nitrogens is 2. The average Bonchev–Trinajstić information content (AvgIpc) is 2.62. The first-order valence-corrected chi connectivity index (χ1v) is 8.56. The lowest BCUT2D eigenvalue weighted by atomic mass is 10.3. The number of halogens is 1. The molecule has 8 nitrogen and oxygen atoms in total. The molecule has 0 saturated carbocycles. The van der Waals surface area contributed by atoms with E-state index in [1.165, 1.54) is 24.8 Å². The van der Waals surface area contributed by atoms with E-state index in [4.69, 9.17) is 21.1 Å². The van der Waals surface area contributed by atoms with Crippen molar-refractivity contribution in [2.24, 2.45) is 0 Å². The summed E-state index contributed by atoms with van der Waals surface area (Å²) in [5, 5.41) is 7.19. The van der Waals surface area contributed by atoms with Gasteiger partial charge in [-0.15, -0.1) is 0 Å². The lowest BCUT2D eigenvalue weighted by molar-refractivity contribution is -0.129. The summed E-state index contributed by atoms with van der Waals surface area (Å²) in [5.74, 6) is -1.47. The maximum absolute atomic E-state index is 12.3. The molecule has 1 N–H and O–H groups in total. The summed E-state index contributed by atoms with van der Waals surface area (Å²) < 4.78 is 11.3. The highest BCUT2D eigenvalue weighted by molar-refractivity contribution is 6.30. The minimum absolute atomic E-state index is 0.281. The Hall–Kier alpha value is -2.71. The van der Waals surface area contributed by atoms with Gasteiger partial charge in [0.2, 0.25) is 11.1 Å². The van der Waals surface area contributed by atoms with E-state index in [0.717, 1.165) is 0 Å². The van der Waals surface area contributed by atoms with E-state index in [0.29, 0.717) is 23.0 Å². The number of methoxy groups -OCH3 is 1. The Morgan fingerprint density at radius 3 is 2.59 bits per heavy atom. The van der Waals surface area contributed by atoms with Gasteiger partial charge in [0.05, 0.1) is 12.3 Å². The first-order valence-electron chi connectivity index (χ1n) is 8.18. The second-order valence-electron chi connectivity index (χ2n) is 5.72. The number of ether oxygens (including phenoxy) is 2. The fourth-order valence-corrected chi connectivity index (χ4v) is 2.35. The zero-order chi connectivity index (χ0) is 20.0. The molecule has 0 fully saturated rings. The van der Waals surface area contributed by atoms with E-state index in [9.17, 15) is 14.4 Å². The third-order valence-corrected chi connectivity index (χ3v) is 3.88. The molecule has 1 heterocycles. The number of benzene rings is 1. The van der Waals surface area contributed by atoms with Crippen LogP contribution in [0.2, 0.25) is 5.02 Å². The number of carbonyl (C=O) groups is 2. The van der Waals surface area contributed by atoms with Crippen molar-refractivity contribution in [1.29, 1.82) is 0 Å². The molecule has 9 heteroatoms. The number of nitrogens with one attached hydrogen (secondary N) is 1. The van der Waals surface area contributed by atoms with Crippen molar-refractivity contribution in [3.63, 3.8) is 0 Å². The SMILES string of the molecule is COCCNC(=O)[C@H](C)OC(=O)c1nn(-c2ccc(Cl)cc2)c(C)cc1=O. The van der Waals surface area contributed by atoms with Crippen LogP contribution in [0.1, 0.15) is 23.1 Å². The fraction of sp³-hybridized carbons (Fsp3) is 0.333. The molecule has 0 bridgehead atoms. The Morgan fingerprint density at radius 1 is 1.30 bits per heavy atom. The molecule has 0 spiro atoms. The number of esters is 1. The Balaban J connectivity index is 2.21. The Labute approximate surface area is 161 Å². The zero-order valence-corrected chi connectivity index (χ0v) is 15.9. The minimum Gasteiger partial charge on any atom is -0.448 e. The number of nitrogens with zero attached hydrogens (tertiary/aromatic N) is 2. The van der Waals surface area contributed by atoms with Crippen LogP contribution in [0.5, 0.6) is 0 Å². The van der Waals surface area contributed by atoms with Gasteiger partial charge in [-0.3, -0.25) is 9.59 Å². The lowest BCUT2D eigenvalue weighted by Crippen LogP contribution is -2.38. The third-order valence-electron chi connectivity index (χ3n) is 3.63. The molecule has 0 radical (unpaired) electrons. The second-order valence-corrected chi connectivity index (χ2v) is 6.15. The summed E-state index contributed by atoms with van der Waals surface area (Å²) in [6.07, 6.45) is -1.08. The van der Waals surface area contributed by atoms with Crippen molar-refractivity contribution in [1.82, 2.24) is 15.1 Å². The highest BCUT2D eigenvalue weighted by Crippen LogP contribution is 2.14. The standard InChI is InChI=1S/C18H20ClN3O5/c1-11-10-15(23)16(21-22(11)14-6-4-13(19)5-7-14)18(25)27-12(2)17(24)20-8-9-26-3/h4-7,10,12H,8-9H2,1-3H3,(H,20,24)/t12-/m0/s1. The lowest BCUT2D eigenvalue weighted by Gasteiger charge is -2.14. The molecule has 0 unspecified atom stereocenters. The summed E-state index contributed by atoms with van der Waals surface area (Å²) in [6, 6.07) is 8.02. The molecule has 144 valence electrons. The van der Waals surface area contributed by atoms with Crippen molar-refractivity contribution in [3.8, 4) is 5.69 Å². The van der Waals surface area contributed by atoms with Crippen LogP contribution in [-0.4, -0.2) is 48.0 Å². The summed E-state index contributed by atoms with van der Waals surface area (Å²) in [6.45, 7) is 3.71. The second kappa shape index (κ2) is 9.29. The number of aryl methyl sites for hydroxylation is 1. The smallest absolute Gasteiger partial charge is 0.363 e. The molecule has 1 aromatic heterocycles. The van der Waals surface area contributed by atoms with Crippen LogP contribution in [0.3, 0.4) is 0 Å². The zero-order valence-electron chi connectivity index (χ0n) is 15.2. The monoisotopic (exact) mass is 393 g/mol. The maximum Gasteiger partial charge on any atom is 0.363 e. The summed E-state index contributed by atoms with van der Waals surface area (Å²) in [5.41, 5.74) is 0.155. The molecular formula is C18H20ClN3O5. The molecular weight excluding hydrogens is 374 g/mol. The highest BCUT2D eigenvalue weighted by atomic mass is 35.5. The van der Waals surface area contributed by atoms with E-state index < -0.39 is 29.1 Å². The molecule has 0 saturated heterocycles. The van der Waals surface area contributed by atoms with Gasteiger partial charge in [0, 0.05) is 30.4 Å². The molecule has 27 heavy (non-hydrogen) atoms. The van der Waals surface area contributed by atoms with Gasteiger partial charge in [-0.05, 0) is 38.1 Å². The van der Waals surface area contributed by atoms with Crippen molar-refractivity contribution in [3.05, 3.63) is 57.0 Å².